The van der Waals surface area contributed by atoms with Crippen LogP contribution in [0.1, 0.15) is 219 Å². The average molecular weight is 652 g/mol. The van der Waals surface area contributed by atoms with E-state index in [4.69, 9.17) is 4.74 Å². The molecule has 0 aliphatic rings. The number of likely N-dealkylation sites (N-methyl/N-ethyl adjacent to an activating group) is 1. The molecular weight excluding hydrogens is 564 g/mol. The Bertz CT molecular complexity index is 594. The zero-order valence-electron chi connectivity index (χ0n) is 32.4. The third kappa shape index (κ3) is 37.8. The van der Waals surface area contributed by atoms with Crippen LogP contribution < -0.4 is 5.32 Å². The first-order valence-corrected chi connectivity index (χ1v) is 21.2. The molecule has 0 aromatic carbocycles. The maximum Gasteiger partial charge on any atom is 0.220 e. The van der Waals surface area contributed by atoms with Crippen molar-refractivity contribution >= 4 is 5.91 Å². The first kappa shape index (κ1) is 45.4. The highest BCUT2D eigenvalue weighted by molar-refractivity contribution is 5.75. The van der Waals surface area contributed by atoms with E-state index >= 15 is 0 Å². The minimum Gasteiger partial charge on any atom is -0.376 e. The lowest BCUT2D eigenvalue weighted by molar-refractivity contribution is -0.889. The number of quaternary nitrogens is 1. The van der Waals surface area contributed by atoms with E-state index in [1.807, 2.05) is 0 Å². The van der Waals surface area contributed by atoms with Gasteiger partial charge < -0.3 is 14.5 Å². The number of amides is 1. The van der Waals surface area contributed by atoms with Crippen LogP contribution in [0, 0.1) is 0 Å². The molecule has 276 valence electrons. The molecule has 0 saturated heterocycles. The second-order valence-corrected chi connectivity index (χ2v) is 15.3. The Labute approximate surface area is 290 Å². The summed E-state index contributed by atoms with van der Waals surface area (Å²) in [7, 11) is 4.50. The van der Waals surface area contributed by atoms with Crippen molar-refractivity contribution in [2.45, 2.75) is 219 Å². The summed E-state index contributed by atoms with van der Waals surface area (Å²) in [4.78, 5) is 12.3. The topological polar surface area (TPSA) is 38.3 Å². The van der Waals surface area contributed by atoms with Crippen LogP contribution in [-0.4, -0.2) is 57.3 Å². The third-order valence-corrected chi connectivity index (χ3v) is 10.0. The highest BCUT2D eigenvalue weighted by atomic mass is 16.5. The number of ether oxygens (including phenoxy) is 1. The van der Waals surface area contributed by atoms with Crippen LogP contribution in [0.3, 0.4) is 0 Å². The van der Waals surface area contributed by atoms with E-state index in [1.54, 1.807) is 0 Å². The summed E-state index contributed by atoms with van der Waals surface area (Å²) in [5, 5.41) is 3.15. The van der Waals surface area contributed by atoms with Crippen molar-refractivity contribution in [3.05, 3.63) is 0 Å². The van der Waals surface area contributed by atoms with Gasteiger partial charge in [0.1, 0.15) is 6.54 Å². The standard InChI is InChI=1S/C42H86N2O2/c1-5-7-9-11-13-15-17-19-21-23-25-27-29-31-33-35-40-46-41-39-44(3,4)38-37-43-42(45)36-34-32-30-28-26-24-22-20-18-16-14-12-10-8-6-2/h5-41H2,1-4H3/p+1. The lowest BCUT2D eigenvalue weighted by Crippen LogP contribution is -2.47. The van der Waals surface area contributed by atoms with Gasteiger partial charge in [0.2, 0.25) is 5.91 Å². The molecular formula is C42H87N2O2+. The summed E-state index contributed by atoms with van der Waals surface area (Å²) in [6, 6.07) is 0. The maximum atomic E-state index is 12.3. The van der Waals surface area contributed by atoms with E-state index < -0.39 is 0 Å². The van der Waals surface area contributed by atoms with Gasteiger partial charge >= 0.3 is 0 Å². The molecule has 0 bridgehead atoms. The number of hydrogen-bond acceptors (Lipinski definition) is 2. The van der Waals surface area contributed by atoms with Gasteiger partial charge in [-0.2, -0.15) is 0 Å². The predicted octanol–water partition coefficient (Wildman–Crippen LogP) is 12.7. The van der Waals surface area contributed by atoms with Crippen molar-refractivity contribution in [3.63, 3.8) is 0 Å². The molecule has 0 radical (unpaired) electrons. The zero-order chi connectivity index (χ0) is 33.7. The van der Waals surface area contributed by atoms with Crippen LogP contribution in [0.4, 0.5) is 0 Å². The van der Waals surface area contributed by atoms with Crippen LogP contribution in [0.15, 0.2) is 0 Å². The fraction of sp³-hybridized carbons (Fsp3) is 0.976. The van der Waals surface area contributed by atoms with Gasteiger partial charge in [-0.3, -0.25) is 4.79 Å². The second kappa shape index (κ2) is 37.2. The predicted molar refractivity (Wildman–Crippen MR) is 205 cm³/mol. The number of carbonyl (C=O) groups is 1. The molecule has 0 rings (SSSR count). The molecule has 0 saturated carbocycles. The highest BCUT2D eigenvalue weighted by Gasteiger charge is 2.15. The highest BCUT2D eigenvalue weighted by Crippen LogP contribution is 2.15. The number of carbonyl (C=O) groups excluding carboxylic acids is 1. The first-order valence-electron chi connectivity index (χ1n) is 21.2. The van der Waals surface area contributed by atoms with E-state index in [-0.39, 0.29) is 5.91 Å². The van der Waals surface area contributed by atoms with E-state index in [2.05, 4.69) is 33.3 Å². The van der Waals surface area contributed by atoms with Crippen molar-refractivity contribution in [3.8, 4) is 0 Å². The Morgan fingerprint density at radius 3 is 1.13 bits per heavy atom. The average Bonchev–Trinajstić information content (AvgIpc) is 3.04. The Hall–Kier alpha value is -0.610. The summed E-state index contributed by atoms with van der Waals surface area (Å²) in [5.74, 6) is 0.231. The number of nitrogens with zero attached hydrogens (tertiary/aromatic N) is 1. The van der Waals surface area contributed by atoms with Gasteiger partial charge in [0.15, 0.2) is 0 Å². The monoisotopic (exact) mass is 652 g/mol. The molecule has 1 amide bonds. The normalized spacial score (nSPS) is 11.8. The van der Waals surface area contributed by atoms with E-state index in [0.717, 1.165) is 43.8 Å². The lowest BCUT2D eigenvalue weighted by Gasteiger charge is -2.29. The minimum absolute atomic E-state index is 0.231. The van der Waals surface area contributed by atoms with Gasteiger partial charge in [-0.25, -0.2) is 0 Å². The Morgan fingerprint density at radius 1 is 0.435 bits per heavy atom. The molecule has 4 heteroatoms. The smallest absolute Gasteiger partial charge is 0.220 e. The minimum atomic E-state index is 0.231. The fourth-order valence-electron chi connectivity index (χ4n) is 6.52. The van der Waals surface area contributed by atoms with Crippen molar-refractivity contribution < 1.29 is 14.0 Å². The molecule has 46 heavy (non-hydrogen) atoms. The van der Waals surface area contributed by atoms with Gasteiger partial charge in [-0.1, -0.05) is 200 Å². The molecule has 0 unspecified atom stereocenters. The Morgan fingerprint density at radius 2 is 0.761 bits per heavy atom. The molecule has 0 heterocycles. The fourth-order valence-corrected chi connectivity index (χ4v) is 6.52. The van der Waals surface area contributed by atoms with Gasteiger partial charge in [0.05, 0.1) is 33.8 Å². The Balaban J connectivity index is 3.36. The molecule has 1 N–H and O–H groups in total. The van der Waals surface area contributed by atoms with Crippen LogP contribution in [0.25, 0.3) is 0 Å². The zero-order valence-corrected chi connectivity index (χ0v) is 32.4. The van der Waals surface area contributed by atoms with Gasteiger partial charge in [-0.05, 0) is 12.8 Å². The lowest BCUT2D eigenvalue weighted by atomic mass is 10.0. The van der Waals surface area contributed by atoms with E-state index in [9.17, 15) is 4.79 Å². The quantitative estimate of drug-likeness (QED) is 0.0530. The van der Waals surface area contributed by atoms with E-state index in [1.165, 1.54) is 193 Å². The number of nitrogens with one attached hydrogen (secondary N) is 1. The van der Waals surface area contributed by atoms with Crippen molar-refractivity contribution in [1.29, 1.82) is 0 Å². The summed E-state index contributed by atoms with van der Waals surface area (Å²) in [6.07, 6.45) is 43.6. The van der Waals surface area contributed by atoms with Crippen molar-refractivity contribution in [2.75, 3.05) is 46.9 Å². The summed E-state index contributed by atoms with van der Waals surface area (Å²) < 4.78 is 6.85. The molecule has 0 fully saturated rings. The molecule has 4 nitrogen and oxygen atoms in total. The van der Waals surface area contributed by atoms with Crippen molar-refractivity contribution in [1.82, 2.24) is 5.32 Å². The van der Waals surface area contributed by atoms with Gasteiger partial charge in [-0.15, -0.1) is 0 Å². The second-order valence-electron chi connectivity index (χ2n) is 15.3. The molecule has 0 aliphatic heterocycles. The molecule has 0 atom stereocenters. The third-order valence-electron chi connectivity index (χ3n) is 10.0. The number of hydrogen-bond donors (Lipinski definition) is 1. The largest absolute Gasteiger partial charge is 0.376 e. The Kier molecular flexibility index (Phi) is 36.7. The SMILES string of the molecule is CCCCCCCCCCCCCCCCCCOCC[N+](C)(C)CCNC(=O)CCCCCCCCCCCCCCCCC. The number of unbranched alkanes of at least 4 members (excludes halogenated alkanes) is 29. The summed E-state index contributed by atoms with van der Waals surface area (Å²) in [5.41, 5.74) is 0. The van der Waals surface area contributed by atoms with E-state index in [0.29, 0.717) is 6.42 Å². The summed E-state index contributed by atoms with van der Waals surface area (Å²) in [6.45, 7) is 9.04. The molecule has 0 aliphatic carbocycles. The van der Waals surface area contributed by atoms with Gasteiger partial charge in [0.25, 0.3) is 0 Å². The van der Waals surface area contributed by atoms with Gasteiger partial charge in [0, 0.05) is 13.0 Å². The van der Waals surface area contributed by atoms with Crippen LogP contribution in [0.5, 0.6) is 0 Å². The van der Waals surface area contributed by atoms with Crippen molar-refractivity contribution in [2.24, 2.45) is 0 Å². The van der Waals surface area contributed by atoms with Crippen LogP contribution >= 0.6 is 0 Å². The maximum absolute atomic E-state index is 12.3. The molecule has 0 aromatic heterocycles. The molecule has 0 spiro atoms. The number of rotatable bonds is 39. The molecule has 0 aromatic rings. The summed E-state index contributed by atoms with van der Waals surface area (Å²) >= 11 is 0. The van der Waals surface area contributed by atoms with Crippen LogP contribution in [-0.2, 0) is 9.53 Å². The first-order chi connectivity index (χ1) is 22.5. The van der Waals surface area contributed by atoms with Crippen LogP contribution in [0.2, 0.25) is 0 Å².